The largest absolute Gasteiger partial charge is 0.452 e. The van der Waals surface area contributed by atoms with Crippen molar-refractivity contribution in [2.24, 2.45) is 5.10 Å². The Bertz CT molecular complexity index is 303. The molecule has 0 aliphatic carbocycles. The van der Waals surface area contributed by atoms with Crippen LogP contribution in [-0.2, 0) is 9.47 Å². The highest BCUT2D eigenvalue weighted by molar-refractivity contribution is 5.97. The number of hydrazone groups is 1. The Labute approximate surface area is 93.4 Å². The summed E-state index contributed by atoms with van der Waals surface area (Å²) in [5.41, 5.74) is 2.21. The Hall–Kier alpha value is -1.79. The normalized spacial score (nSPS) is 17.4. The predicted molar refractivity (Wildman–Crippen MR) is 55.9 cm³/mol. The first-order valence-corrected chi connectivity index (χ1v) is 5.03. The van der Waals surface area contributed by atoms with Crippen LogP contribution in [0.25, 0.3) is 0 Å². The van der Waals surface area contributed by atoms with Gasteiger partial charge < -0.3 is 9.47 Å². The molecule has 0 aromatic heterocycles. The topological polar surface area (TPSA) is 80.2 Å². The predicted octanol–water partition coefficient (Wildman–Crippen LogP) is 0.908. The van der Waals surface area contributed by atoms with Crippen LogP contribution in [0.4, 0.5) is 9.59 Å². The first-order chi connectivity index (χ1) is 7.69. The number of carbonyl (C=O) groups excluding carboxylic acids is 2. The van der Waals surface area contributed by atoms with Crippen molar-refractivity contribution in [2.45, 2.75) is 19.8 Å². The van der Waals surface area contributed by atoms with Gasteiger partial charge in [-0.25, -0.2) is 15.0 Å². The van der Waals surface area contributed by atoms with Gasteiger partial charge in [0.25, 0.3) is 0 Å². The van der Waals surface area contributed by atoms with Crippen LogP contribution in [0.15, 0.2) is 5.10 Å². The molecule has 2 amide bonds. The molecular weight excluding hydrogens is 214 g/mol. The quantitative estimate of drug-likeness (QED) is 0.713. The Morgan fingerprint density at radius 1 is 1.56 bits per heavy atom. The molecule has 1 aliphatic heterocycles. The molecule has 1 N–H and O–H groups in total. The number of ether oxygens (including phenoxy) is 2. The van der Waals surface area contributed by atoms with Crippen molar-refractivity contribution in [2.75, 3.05) is 20.3 Å². The fourth-order valence-corrected chi connectivity index (χ4v) is 1.36. The van der Waals surface area contributed by atoms with E-state index in [1.165, 1.54) is 12.0 Å². The van der Waals surface area contributed by atoms with Crippen LogP contribution < -0.4 is 5.43 Å². The van der Waals surface area contributed by atoms with E-state index in [0.717, 1.165) is 6.42 Å². The van der Waals surface area contributed by atoms with Gasteiger partial charge in [0.2, 0.25) is 0 Å². The minimum Gasteiger partial charge on any atom is -0.452 e. The molecule has 1 aliphatic rings. The molecule has 1 fully saturated rings. The average molecular weight is 229 g/mol. The SMILES string of the molecule is CCOC(=O)N/N=C1/CCCN1C(=O)OC. The van der Waals surface area contributed by atoms with Crippen LogP contribution in [0, 0.1) is 0 Å². The molecule has 90 valence electrons. The van der Waals surface area contributed by atoms with Crippen LogP contribution in [-0.4, -0.2) is 43.2 Å². The van der Waals surface area contributed by atoms with Crippen molar-refractivity contribution in [1.82, 2.24) is 10.3 Å². The van der Waals surface area contributed by atoms with Gasteiger partial charge in [0.1, 0.15) is 5.84 Å². The second-order valence-electron chi connectivity index (χ2n) is 3.09. The van der Waals surface area contributed by atoms with Crippen molar-refractivity contribution < 1.29 is 19.1 Å². The van der Waals surface area contributed by atoms with E-state index in [-0.39, 0.29) is 6.61 Å². The van der Waals surface area contributed by atoms with Crippen molar-refractivity contribution in [3.8, 4) is 0 Å². The van der Waals surface area contributed by atoms with Crippen molar-refractivity contribution in [3.05, 3.63) is 0 Å². The Morgan fingerprint density at radius 2 is 2.31 bits per heavy atom. The number of rotatable bonds is 2. The van der Waals surface area contributed by atoms with E-state index in [4.69, 9.17) is 0 Å². The Kier molecular flexibility index (Phi) is 4.56. The van der Waals surface area contributed by atoms with Crippen molar-refractivity contribution in [3.63, 3.8) is 0 Å². The van der Waals surface area contributed by atoms with Crippen LogP contribution >= 0.6 is 0 Å². The number of nitrogens with zero attached hydrogens (tertiary/aromatic N) is 2. The minimum atomic E-state index is -0.633. The van der Waals surface area contributed by atoms with E-state index in [1.54, 1.807) is 6.92 Å². The van der Waals surface area contributed by atoms with Crippen LogP contribution in [0.1, 0.15) is 19.8 Å². The number of hydrogen-bond donors (Lipinski definition) is 1. The highest BCUT2D eigenvalue weighted by Crippen LogP contribution is 2.12. The Morgan fingerprint density at radius 3 is 2.94 bits per heavy atom. The van der Waals surface area contributed by atoms with E-state index in [2.05, 4.69) is 20.0 Å². The van der Waals surface area contributed by atoms with Gasteiger partial charge >= 0.3 is 12.2 Å². The molecule has 1 rings (SSSR count). The number of likely N-dealkylation sites (tertiary alicyclic amines) is 1. The average Bonchev–Trinajstić information content (AvgIpc) is 2.74. The molecule has 1 heterocycles. The van der Waals surface area contributed by atoms with Crippen molar-refractivity contribution >= 4 is 18.0 Å². The highest BCUT2D eigenvalue weighted by atomic mass is 16.6. The number of amidine groups is 1. The van der Waals surface area contributed by atoms with Gasteiger partial charge in [0.15, 0.2) is 0 Å². The second kappa shape index (κ2) is 5.94. The number of carbonyl (C=O) groups is 2. The fourth-order valence-electron chi connectivity index (χ4n) is 1.36. The fraction of sp³-hybridized carbons (Fsp3) is 0.667. The van der Waals surface area contributed by atoms with Gasteiger partial charge in [-0.05, 0) is 13.3 Å². The lowest BCUT2D eigenvalue weighted by Gasteiger charge is -2.14. The maximum absolute atomic E-state index is 11.3. The molecule has 0 atom stereocenters. The number of methoxy groups -OCH3 is 1. The minimum absolute atomic E-state index is 0.275. The van der Waals surface area contributed by atoms with Gasteiger partial charge in [-0.1, -0.05) is 0 Å². The summed E-state index contributed by atoms with van der Waals surface area (Å²) in [6.45, 7) is 2.52. The summed E-state index contributed by atoms with van der Waals surface area (Å²) in [4.78, 5) is 23.6. The molecule has 7 heteroatoms. The maximum atomic E-state index is 11.3. The van der Waals surface area contributed by atoms with Gasteiger partial charge in [0, 0.05) is 13.0 Å². The van der Waals surface area contributed by atoms with E-state index < -0.39 is 12.2 Å². The van der Waals surface area contributed by atoms with Crippen LogP contribution in [0.5, 0.6) is 0 Å². The highest BCUT2D eigenvalue weighted by Gasteiger charge is 2.25. The molecule has 0 aromatic carbocycles. The smallest absolute Gasteiger partial charge is 0.427 e. The maximum Gasteiger partial charge on any atom is 0.427 e. The van der Waals surface area contributed by atoms with Gasteiger partial charge in [-0.15, -0.1) is 0 Å². The molecule has 16 heavy (non-hydrogen) atoms. The summed E-state index contributed by atoms with van der Waals surface area (Å²) in [6.07, 6.45) is 0.327. The number of hydrogen-bond acceptors (Lipinski definition) is 5. The first kappa shape index (κ1) is 12.3. The van der Waals surface area contributed by atoms with E-state index >= 15 is 0 Å². The van der Waals surface area contributed by atoms with Gasteiger partial charge in [-0.3, -0.25) is 4.90 Å². The zero-order chi connectivity index (χ0) is 12.0. The van der Waals surface area contributed by atoms with Gasteiger partial charge in [-0.2, -0.15) is 5.10 Å². The van der Waals surface area contributed by atoms with E-state index in [0.29, 0.717) is 18.8 Å². The molecule has 1 saturated heterocycles. The summed E-state index contributed by atoms with van der Waals surface area (Å²) in [5.74, 6) is 0.486. The summed E-state index contributed by atoms with van der Waals surface area (Å²) < 4.78 is 9.21. The standard InChI is InChI=1S/C9H15N3O4/c1-3-16-8(13)11-10-7-5-4-6-12(7)9(14)15-2/h3-6H2,1-2H3,(H,11,13)/b10-7-. The molecule has 0 bridgehead atoms. The lowest BCUT2D eigenvalue weighted by Crippen LogP contribution is -2.34. The lowest BCUT2D eigenvalue weighted by atomic mass is 10.4. The Balaban J connectivity index is 2.54. The number of nitrogens with one attached hydrogen (secondary N) is 1. The van der Waals surface area contributed by atoms with Gasteiger partial charge in [0.05, 0.1) is 13.7 Å². The molecule has 0 unspecified atom stereocenters. The molecular formula is C9H15N3O4. The third-order valence-electron chi connectivity index (χ3n) is 2.04. The lowest BCUT2D eigenvalue weighted by molar-refractivity contribution is 0.146. The third-order valence-corrected chi connectivity index (χ3v) is 2.04. The molecule has 7 nitrogen and oxygen atoms in total. The zero-order valence-corrected chi connectivity index (χ0v) is 9.36. The summed E-state index contributed by atoms with van der Waals surface area (Å²) >= 11 is 0. The first-order valence-electron chi connectivity index (χ1n) is 5.03. The monoisotopic (exact) mass is 229 g/mol. The number of amides is 2. The summed E-state index contributed by atoms with van der Waals surface area (Å²) in [6, 6.07) is 0. The van der Waals surface area contributed by atoms with E-state index in [1.807, 2.05) is 0 Å². The molecule has 0 aromatic rings. The summed E-state index contributed by atoms with van der Waals surface area (Å²) in [5, 5.41) is 3.81. The molecule has 0 saturated carbocycles. The molecule has 0 spiro atoms. The van der Waals surface area contributed by atoms with E-state index in [9.17, 15) is 9.59 Å². The van der Waals surface area contributed by atoms with Crippen molar-refractivity contribution in [1.29, 1.82) is 0 Å². The summed E-state index contributed by atoms with van der Waals surface area (Å²) in [7, 11) is 1.30. The van der Waals surface area contributed by atoms with Crippen LogP contribution in [0.2, 0.25) is 0 Å². The van der Waals surface area contributed by atoms with Crippen LogP contribution in [0.3, 0.4) is 0 Å². The second-order valence-corrected chi connectivity index (χ2v) is 3.09. The third kappa shape index (κ3) is 3.11. The molecule has 0 radical (unpaired) electrons. The zero-order valence-electron chi connectivity index (χ0n) is 9.36.